The van der Waals surface area contributed by atoms with E-state index < -0.39 is 109 Å². The fraction of sp³-hybridized carbons (Fsp3) is 0. The monoisotopic (exact) mass is 738 g/mol. The number of hydrogen-bond acceptors (Lipinski definition) is 1. The number of fused-ring (bicyclic) bond motifs is 3. The second kappa shape index (κ2) is 11.5. The van der Waals surface area contributed by atoms with Gasteiger partial charge in [0.15, 0.2) is 0 Å². The van der Waals surface area contributed by atoms with Gasteiger partial charge in [0.05, 0.1) is 24.7 Å². The summed E-state index contributed by atoms with van der Waals surface area (Å²) in [4.78, 5) is 0. The fourth-order valence-electron chi connectivity index (χ4n) is 8.47. The Morgan fingerprint density at radius 2 is 0.825 bits per heavy atom. The van der Waals surface area contributed by atoms with Crippen molar-refractivity contribution in [1.82, 2.24) is 0 Å². The lowest BCUT2D eigenvalue weighted by atomic mass is 9.84. The Bertz CT molecular complexity index is 4760. The zero-order valence-electron chi connectivity index (χ0n) is 47.5. The highest BCUT2D eigenvalue weighted by molar-refractivity contribution is 6.27. The third kappa shape index (κ3) is 4.46. The molecular weight excluding hydrogens is 689 g/mol. The van der Waals surface area contributed by atoms with Crippen LogP contribution in [0.3, 0.4) is 0 Å². The van der Waals surface area contributed by atoms with Crippen LogP contribution in [0.15, 0.2) is 198 Å². The molecule has 13 rings (SSSR count). The predicted octanol–water partition coefficient (Wildman–Crippen LogP) is 16.0. The van der Waals surface area contributed by atoms with Crippen LogP contribution in [0.1, 0.15) is 24.7 Å². The number of furan rings is 1. The molecule has 0 aliphatic carbocycles. The van der Waals surface area contributed by atoms with Gasteiger partial charge in [0.1, 0.15) is 11.2 Å². The Balaban J connectivity index is 1.19. The van der Waals surface area contributed by atoms with Crippen molar-refractivity contribution in [2.24, 2.45) is 0 Å². The first kappa shape index (κ1) is 18.4. The molecule has 12 aromatic carbocycles. The molecule has 0 unspecified atom stereocenters. The molecule has 1 nitrogen and oxygen atoms in total. The first-order valence-corrected chi connectivity index (χ1v) is 18.3. The van der Waals surface area contributed by atoms with E-state index in [0.717, 1.165) is 27.5 Å². The summed E-state index contributed by atoms with van der Waals surface area (Å²) < 4.78 is 172. The van der Waals surface area contributed by atoms with Crippen LogP contribution < -0.4 is 0 Å². The van der Waals surface area contributed by atoms with Gasteiger partial charge in [-0.05, 0) is 139 Å². The lowest BCUT2D eigenvalue weighted by molar-refractivity contribution is 0.669. The first-order chi connectivity index (χ1) is 35.8. The van der Waals surface area contributed by atoms with E-state index in [2.05, 4.69) is 0 Å². The van der Waals surface area contributed by atoms with Crippen molar-refractivity contribution in [2.45, 2.75) is 0 Å². The van der Waals surface area contributed by atoms with Crippen molar-refractivity contribution in [1.29, 1.82) is 0 Å². The highest BCUT2D eigenvalue weighted by atomic mass is 16.3. The summed E-state index contributed by atoms with van der Waals surface area (Å²) in [5.74, 6) is 0. The van der Waals surface area contributed by atoms with Gasteiger partial charge in [-0.3, -0.25) is 0 Å². The zero-order chi connectivity index (χ0) is 52.9. The van der Waals surface area contributed by atoms with Gasteiger partial charge in [-0.25, -0.2) is 0 Å². The normalized spacial score (nSPS) is 16.6. The molecular formula is C56H32O. The minimum absolute atomic E-state index is 0.0225. The molecule has 0 N–H and O–H groups in total. The first-order valence-electron chi connectivity index (χ1n) is 27.3. The average Bonchev–Trinajstić information content (AvgIpc) is 3.82. The molecule has 0 aliphatic rings. The van der Waals surface area contributed by atoms with Crippen LogP contribution in [0.25, 0.3) is 131 Å². The minimum atomic E-state index is -0.614. The van der Waals surface area contributed by atoms with E-state index in [1.54, 1.807) is 18.2 Å². The third-order valence-electron chi connectivity index (χ3n) is 11.1. The molecule has 0 aliphatic heterocycles. The molecule has 0 radical (unpaired) electrons. The topological polar surface area (TPSA) is 13.1 Å². The molecule has 0 bridgehead atoms. The molecule has 0 saturated heterocycles. The van der Waals surface area contributed by atoms with Crippen molar-refractivity contribution >= 4 is 86.6 Å². The predicted molar refractivity (Wildman–Crippen MR) is 243 cm³/mol. The van der Waals surface area contributed by atoms with E-state index in [4.69, 9.17) is 16.8 Å². The second-order valence-corrected chi connectivity index (χ2v) is 14.2. The quantitative estimate of drug-likeness (QED) is 0.164. The number of para-hydroxylation sites is 1. The highest BCUT2D eigenvalue weighted by Gasteiger charge is 2.19. The number of hydrogen-bond donors (Lipinski definition) is 0. The molecule has 0 fully saturated rings. The summed E-state index contributed by atoms with van der Waals surface area (Å²) >= 11 is 0. The van der Waals surface area contributed by atoms with Gasteiger partial charge in [0.2, 0.25) is 0 Å². The van der Waals surface area contributed by atoms with Crippen LogP contribution in [-0.2, 0) is 0 Å². The third-order valence-corrected chi connectivity index (χ3v) is 11.1. The minimum Gasteiger partial charge on any atom is -0.456 e. The summed E-state index contributed by atoms with van der Waals surface area (Å²) in [6.07, 6.45) is 0. The molecule has 262 valence electrons. The molecule has 1 aromatic heterocycles. The standard InChI is InChI=1S/C56H32O/c1-2-13-51-46(12-1)50-31-40(23-29-52(50)57-51)39-10-5-11-41(30-39)44-25-22-42(43-24-18-37-16-14-33-6-3-8-35-20-27-47(43)55(37)53(33)35)32-49(44)45-26-19-38-17-15-34-7-4-9-36-21-28-48(45)56(38)54(34)36/h1-32H/i3D,4D,6D,7D,8D,9D,14D,15D,16D,17D,18D,19D,20D,21D,24D,26D,27D,28D. The summed E-state index contributed by atoms with van der Waals surface area (Å²) in [5, 5.41) is 0.0534. The molecule has 1 heteroatoms. The van der Waals surface area contributed by atoms with Gasteiger partial charge < -0.3 is 4.42 Å². The van der Waals surface area contributed by atoms with Gasteiger partial charge in [-0.2, -0.15) is 0 Å². The largest absolute Gasteiger partial charge is 0.456 e. The molecule has 0 atom stereocenters. The van der Waals surface area contributed by atoms with Crippen LogP contribution in [0.5, 0.6) is 0 Å². The summed E-state index contributed by atoms with van der Waals surface area (Å²) in [5.41, 5.74) is 3.96. The maximum atomic E-state index is 9.86. The van der Waals surface area contributed by atoms with Crippen LogP contribution >= 0.6 is 0 Å². The molecule has 57 heavy (non-hydrogen) atoms. The van der Waals surface area contributed by atoms with Crippen LogP contribution in [-0.4, -0.2) is 0 Å². The number of rotatable bonds is 4. The van der Waals surface area contributed by atoms with Gasteiger partial charge in [-0.1, -0.05) is 163 Å². The van der Waals surface area contributed by atoms with Gasteiger partial charge in [-0.15, -0.1) is 0 Å². The van der Waals surface area contributed by atoms with E-state index in [9.17, 15) is 12.3 Å². The summed E-state index contributed by atoms with van der Waals surface area (Å²) in [6, 6.07) is 15.9. The van der Waals surface area contributed by atoms with Crippen LogP contribution in [0.2, 0.25) is 0 Å². The smallest absolute Gasteiger partial charge is 0.135 e. The molecule has 13 aromatic rings. The van der Waals surface area contributed by atoms with Gasteiger partial charge >= 0.3 is 0 Å². The van der Waals surface area contributed by atoms with Crippen molar-refractivity contribution in [2.75, 3.05) is 0 Å². The van der Waals surface area contributed by atoms with E-state index >= 15 is 0 Å². The van der Waals surface area contributed by atoms with Crippen molar-refractivity contribution in [3.05, 3.63) is 194 Å². The Labute approximate surface area is 353 Å². The molecule has 1 heterocycles. The zero-order valence-corrected chi connectivity index (χ0v) is 29.5. The van der Waals surface area contributed by atoms with E-state index in [1.165, 1.54) is 0 Å². The molecule has 0 saturated carbocycles. The van der Waals surface area contributed by atoms with Crippen LogP contribution in [0.4, 0.5) is 0 Å². The van der Waals surface area contributed by atoms with Crippen LogP contribution in [0, 0.1) is 0 Å². The SMILES string of the molecule is [2H]c1c([2H])c2c([2H])c([2H])c3c([2H])c([2H])c(-c4ccc(-c5cccc(-c6ccc7oc8ccccc8c7c6)c5)c(-c5c([2H])c([2H])c6c([2H])c([2H])c7c([2H])c([2H])c([2H])c8c([2H])c([2H])c5c6c78)c4)c4c([2H])c([2H])c(c1[2H])c2c34. The Kier molecular flexibility index (Phi) is 3.73. The van der Waals surface area contributed by atoms with Crippen molar-refractivity contribution < 1.29 is 29.1 Å². The van der Waals surface area contributed by atoms with Crippen molar-refractivity contribution in [3.8, 4) is 44.5 Å². The maximum absolute atomic E-state index is 9.86. The van der Waals surface area contributed by atoms with Gasteiger partial charge in [0.25, 0.3) is 0 Å². The Morgan fingerprint density at radius 1 is 0.298 bits per heavy atom. The van der Waals surface area contributed by atoms with Crippen molar-refractivity contribution in [3.63, 3.8) is 0 Å². The lowest BCUT2D eigenvalue weighted by Crippen LogP contribution is -1.92. The highest BCUT2D eigenvalue weighted by Crippen LogP contribution is 2.46. The van der Waals surface area contributed by atoms with E-state index in [-0.39, 0.29) is 86.9 Å². The second-order valence-electron chi connectivity index (χ2n) is 14.2. The lowest BCUT2D eigenvalue weighted by Gasteiger charge is -2.19. The average molecular weight is 739 g/mol. The molecule has 0 spiro atoms. The summed E-state index contributed by atoms with van der Waals surface area (Å²) in [7, 11) is 0. The molecule has 0 amide bonds. The fourth-order valence-corrected chi connectivity index (χ4v) is 8.47. The Morgan fingerprint density at radius 3 is 1.54 bits per heavy atom. The number of benzene rings is 12. The van der Waals surface area contributed by atoms with E-state index in [1.807, 2.05) is 66.7 Å². The van der Waals surface area contributed by atoms with E-state index in [0.29, 0.717) is 16.7 Å². The van der Waals surface area contributed by atoms with Gasteiger partial charge in [0, 0.05) is 10.8 Å². The maximum Gasteiger partial charge on any atom is 0.135 e. The summed E-state index contributed by atoms with van der Waals surface area (Å²) in [6.45, 7) is 0. The Hall–Kier alpha value is -7.48.